The van der Waals surface area contributed by atoms with Crippen LogP contribution in [0.4, 0.5) is 5.82 Å². The Morgan fingerprint density at radius 1 is 1.07 bits per heavy atom. The zero-order valence-electron chi connectivity index (χ0n) is 16.2. The molecule has 0 bridgehead atoms. The molecule has 28 heavy (non-hydrogen) atoms. The Balaban J connectivity index is 1.60. The fourth-order valence-electron chi connectivity index (χ4n) is 3.14. The maximum absolute atomic E-state index is 12.4. The van der Waals surface area contributed by atoms with Crippen LogP contribution in [0.3, 0.4) is 0 Å². The molecular formula is C22H22N4O2. The van der Waals surface area contributed by atoms with Crippen molar-refractivity contribution in [2.24, 2.45) is 0 Å². The normalized spacial score (nSPS) is 11.1. The van der Waals surface area contributed by atoms with Gasteiger partial charge in [-0.2, -0.15) is 5.10 Å². The molecule has 2 heterocycles. The number of hydrogen-bond acceptors (Lipinski definition) is 4. The number of carbonyl (C=O) groups is 1. The molecule has 1 amide bonds. The first kappa shape index (κ1) is 18.0. The third-order valence-corrected chi connectivity index (χ3v) is 4.62. The number of aromatic nitrogens is 3. The Morgan fingerprint density at radius 2 is 1.82 bits per heavy atom. The monoisotopic (exact) mass is 374 g/mol. The molecule has 0 aliphatic carbocycles. The third-order valence-electron chi connectivity index (χ3n) is 4.62. The molecule has 0 saturated carbocycles. The van der Waals surface area contributed by atoms with Crippen LogP contribution < -0.4 is 10.1 Å². The van der Waals surface area contributed by atoms with Crippen LogP contribution >= 0.6 is 0 Å². The van der Waals surface area contributed by atoms with Crippen molar-refractivity contribution in [3.8, 4) is 5.75 Å². The van der Waals surface area contributed by atoms with E-state index in [0.29, 0.717) is 18.1 Å². The average molecular weight is 374 g/mol. The van der Waals surface area contributed by atoms with E-state index in [9.17, 15) is 4.79 Å². The molecule has 142 valence electrons. The van der Waals surface area contributed by atoms with Gasteiger partial charge in [0.2, 0.25) is 0 Å². The van der Waals surface area contributed by atoms with Crippen molar-refractivity contribution >= 4 is 33.7 Å². The van der Waals surface area contributed by atoms with Gasteiger partial charge in [0.05, 0.1) is 10.9 Å². The number of ether oxygens (including phenoxy) is 1. The van der Waals surface area contributed by atoms with Gasteiger partial charge in [-0.1, -0.05) is 29.3 Å². The summed E-state index contributed by atoms with van der Waals surface area (Å²) in [5.41, 5.74) is 3.97. The van der Waals surface area contributed by atoms with Gasteiger partial charge < -0.3 is 10.1 Å². The first-order valence-corrected chi connectivity index (χ1v) is 9.30. The molecule has 2 aromatic carbocycles. The topological polar surface area (TPSA) is 69.0 Å². The maximum Gasteiger partial charge on any atom is 0.263 e. The van der Waals surface area contributed by atoms with Gasteiger partial charge >= 0.3 is 0 Å². The smallest absolute Gasteiger partial charge is 0.263 e. The van der Waals surface area contributed by atoms with E-state index in [1.54, 1.807) is 4.68 Å². The predicted octanol–water partition coefficient (Wildman–Crippen LogP) is 4.24. The van der Waals surface area contributed by atoms with Crippen molar-refractivity contribution in [2.45, 2.75) is 27.3 Å². The maximum atomic E-state index is 12.4. The number of aryl methyl sites for hydroxylation is 3. The van der Waals surface area contributed by atoms with Crippen LogP contribution in [0, 0.1) is 13.8 Å². The Hall–Kier alpha value is -3.41. The average Bonchev–Trinajstić information content (AvgIpc) is 3.02. The van der Waals surface area contributed by atoms with Crippen molar-refractivity contribution in [2.75, 3.05) is 11.9 Å². The summed E-state index contributed by atoms with van der Waals surface area (Å²) < 4.78 is 7.36. The molecule has 0 saturated heterocycles. The summed E-state index contributed by atoms with van der Waals surface area (Å²) in [4.78, 5) is 17.1. The predicted molar refractivity (Wildman–Crippen MR) is 111 cm³/mol. The van der Waals surface area contributed by atoms with Gasteiger partial charge in [-0.3, -0.25) is 4.79 Å². The number of pyridine rings is 1. The molecule has 4 aromatic rings. The van der Waals surface area contributed by atoms with E-state index in [1.165, 1.54) is 0 Å². The van der Waals surface area contributed by atoms with Crippen LogP contribution in [0.15, 0.2) is 48.5 Å². The summed E-state index contributed by atoms with van der Waals surface area (Å²) in [7, 11) is 0. The summed E-state index contributed by atoms with van der Waals surface area (Å²) in [6, 6.07) is 15.7. The third kappa shape index (κ3) is 3.53. The highest BCUT2D eigenvalue weighted by Gasteiger charge is 2.15. The number of benzene rings is 2. The standard InChI is InChI=1S/C22H22N4O2/c1-4-26-22-18(12-16-11-15(3)7-10-19(16)23-22)21(25-26)24-20(27)13-28-17-8-5-14(2)6-9-17/h5-12H,4,13H2,1-3H3,(H,24,25,27). The summed E-state index contributed by atoms with van der Waals surface area (Å²) in [6.45, 7) is 6.63. The van der Waals surface area contributed by atoms with Gasteiger partial charge in [0.1, 0.15) is 5.75 Å². The lowest BCUT2D eigenvalue weighted by molar-refractivity contribution is -0.118. The summed E-state index contributed by atoms with van der Waals surface area (Å²) in [6.07, 6.45) is 0. The van der Waals surface area contributed by atoms with Gasteiger partial charge in [0, 0.05) is 11.9 Å². The van der Waals surface area contributed by atoms with Gasteiger partial charge in [-0.15, -0.1) is 0 Å². The van der Waals surface area contributed by atoms with Gasteiger partial charge in [0.25, 0.3) is 5.91 Å². The van der Waals surface area contributed by atoms with Crippen LogP contribution in [0.1, 0.15) is 18.1 Å². The van der Waals surface area contributed by atoms with E-state index in [-0.39, 0.29) is 12.5 Å². The van der Waals surface area contributed by atoms with Gasteiger partial charge in [-0.25, -0.2) is 9.67 Å². The van der Waals surface area contributed by atoms with E-state index in [0.717, 1.165) is 33.1 Å². The number of nitrogens with one attached hydrogen (secondary N) is 1. The highest BCUT2D eigenvalue weighted by atomic mass is 16.5. The molecule has 6 heteroatoms. The number of carbonyl (C=O) groups excluding carboxylic acids is 1. The Morgan fingerprint density at radius 3 is 2.57 bits per heavy atom. The zero-order valence-corrected chi connectivity index (χ0v) is 16.2. The summed E-state index contributed by atoms with van der Waals surface area (Å²) >= 11 is 0. The minimum Gasteiger partial charge on any atom is -0.484 e. The molecule has 0 spiro atoms. The molecule has 0 atom stereocenters. The lowest BCUT2D eigenvalue weighted by Gasteiger charge is -2.06. The highest BCUT2D eigenvalue weighted by molar-refractivity contribution is 6.03. The van der Waals surface area contributed by atoms with E-state index in [1.807, 2.05) is 63.2 Å². The minimum atomic E-state index is -0.257. The molecule has 6 nitrogen and oxygen atoms in total. The largest absolute Gasteiger partial charge is 0.484 e. The molecule has 1 N–H and O–H groups in total. The van der Waals surface area contributed by atoms with Gasteiger partial charge in [0.15, 0.2) is 18.1 Å². The number of hydrogen-bond donors (Lipinski definition) is 1. The fraction of sp³-hybridized carbons (Fsp3) is 0.227. The van der Waals surface area contributed by atoms with E-state index < -0.39 is 0 Å². The van der Waals surface area contributed by atoms with Crippen LogP contribution in [0.2, 0.25) is 0 Å². The van der Waals surface area contributed by atoms with Crippen molar-refractivity contribution < 1.29 is 9.53 Å². The van der Waals surface area contributed by atoms with Crippen molar-refractivity contribution in [3.63, 3.8) is 0 Å². The summed E-state index contributed by atoms with van der Waals surface area (Å²) in [5, 5.41) is 9.24. The van der Waals surface area contributed by atoms with Crippen molar-refractivity contribution in [3.05, 3.63) is 59.7 Å². The molecular weight excluding hydrogens is 352 g/mol. The zero-order chi connectivity index (χ0) is 19.7. The van der Waals surface area contributed by atoms with Gasteiger partial charge in [-0.05, 0) is 51.1 Å². The molecule has 0 unspecified atom stereocenters. The van der Waals surface area contributed by atoms with Crippen LogP contribution in [0.25, 0.3) is 21.9 Å². The van der Waals surface area contributed by atoms with E-state index in [2.05, 4.69) is 16.5 Å². The van der Waals surface area contributed by atoms with Crippen molar-refractivity contribution in [1.29, 1.82) is 0 Å². The highest BCUT2D eigenvalue weighted by Crippen LogP contribution is 2.26. The molecule has 0 aliphatic rings. The second kappa shape index (κ2) is 7.31. The molecule has 0 radical (unpaired) electrons. The minimum absolute atomic E-state index is 0.0797. The molecule has 2 aromatic heterocycles. The van der Waals surface area contributed by atoms with Crippen LogP contribution in [0.5, 0.6) is 5.75 Å². The van der Waals surface area contributed by atoms with E-state index in [4.69, 9.17) is 9.72 Å². The Kier molecular flexibility index (Phi) is 4.69. The Labute approximate surface area is 163 Å². The number of anilines is 1. The van der Waals surface area contributed by atoms with Crippen LogP contribution in [-0.4, -0.2) is 27.3 Å². The lowest BCUT2D eigenvalue weighted by Crippen LogP contribution is -2.20. The number of nitrogens with zero attached hydrogens (tertiary/aromatic N) is 3. The van der Waals surface area contributed by atoms with Crippen molar-refractivity contribution in [1.82, 2.24) is 14.8 Å². The number of fused-ring (bicyclic) bond motifs is 2. The van der Waals surface area contributed by atoms with E-state index >= 15 is 0 Å². The second-order valence-corrected chi connectivity index (χ2v) is 6.87. The SMILES string of the molecule is CCn1nc(NC(=O)COc2ccc(C)cc2)c2cc3cc(C)ccc3nc21. The first-order chi connectivity index (χ1) is 13.5. The first-order valence-electron chi connectivity index (χ1n) is 9.30. The fourth-order valence-corrected chi connectivity index (χ4v) is 3.14. The number of amides is 1. The lowest BCUT2D eigenvalue weighted by atomic mass is 10.1. The quantitative estimate of drug-likeness (QED) is 0.567. The molecule has 4 rings (SSSR count). The molecule has 0 fully saturated rings. The van der Waals surface area contributed by atoms with Crippen LogP contribution in [-0.2, 0) is 11.3 Å². The summed E-state index contributed by atoms with van der Waals surface area (Å²) in [5.74, 6) is 0.908. The molecule has 0 aliphatic heterocycles. The Bertz CT molecular complexity index is 1160. The second-order valence-electron chi connectivity index (χ2n) is 6.87. The number of rotatable bonds is 5.